The molecule has 68 valence electrons. The van der Waals surface area contributed by atoms with Crippen molar-refractivity contribution in [2.75, 3.05) is 7.11 Å². The zero-order valence-electron chi connectivity index (χ0n) is 7.72. The van der Waals surface area contributed by atoms with Crippen LogP contribution in [-0.4, -0.2) is 18.9 Å². The highest BCUT2D eigenvalue weighted by molar-refractivity contribution is 5.86. The van der Waals surface area contributed by atoms with Crippen LogP contribution >= 0.6 is 0 Å². The summed E-state index contributed by atoms with van der Waals surface area (Å²) < 4.78 is 4.27. The van der Waals surface area contributed by atoms with E-state index in [2.05, 4.69) is 17.9 Å². The summed E-state index contributed by atoms with van der Waals surface area (Å²) in [5.41, 5.74) is 0.433. The molecule has 0 atom stereocenters. The molecular formula is C9H14O3. The fourth-order valence-corrected chi connectivity index (χ4v) is 0.174. The van der Waals surface area contributed by atoms with Crippen molar-refractivity contribution in [1.29, 1.82) is 0 Å². The first-order chi connectivity index (χ1) is 5.45. The molecule has 0 radical (unpaired) electrons. The van der Waals surface area contributed by atoms with Crippen LogP contribution in [0.15, 0.2) is 24.8 Å². The molecule has 0 N–H and O–H groups in total. The molecule has 0 amide bonds. The zero-order valence-corrected chi connectivity index (χ0v) is 7.72. The second kappa shape index (κ2) is 7.72. The summed E-state index contributed by atoms with van der Waals surface area (Å²) in [4.78, 5) is 19.9. The number of ether oxygens (including phenoxy) is 1. The van der Waals surface area contributed by atoms with Crippen LogP contribution in [0, 0.1) is 0 Å². The molecule has 0 aromatic carbocycles. The van der Waals surface area contributed by atoms with E-state index >= 15 is 0 Å². The highest BCUT2D eigenvalue weighted by atomic mass is 16.5. The van der Waals surface area contributed by atoms with Crippen molar-refractivity contribution in [2.24, 2.45) is 0 Å². The van der Waals surface area contributed by atoms with Gasteiger partial charge in [-0.2, -0.15) is 0 Å². The van der Waals surface area contributed by atoms with Gasteiger partial charge in [-0.15, -0.1) is 0 Å². The molecule has 0 rings (SSSR count). The zero-order chi connectivity index (χ0) is 10.1. The van der Waals surface area contributed by atoms with Crippen molar-refractivity contribution in [3.8, 4) is 0 Å². The second-order valence-corrected chi connectivity index (χ2v) is 2.09. The molecule has 0 unspecified atom stereocenters. The molecule has 0 fully saturated rings. The van der Waals surface area contributed by atoms with Gasteiger partial charge in [-0.3, -0.25) is 4.79 Å². The average Bonchev–Trinajstić information content (AvgIpc) is 2.04. The van der Waals surface area contributed by atoms with E-state index in [0.717, 1.165) is 0 Å². The van der Waals surface area contributed by atoms with E-state index in [1.165, 1.54) is 20.1 Å². The van der Waals surface area contributed by atoms with Gasteiger partial charge in [-0.05, 0) is 19.9 Å². The number of allylic oxidation sites excluding steroid dienone is 1. The molecule has 0 saturated heterocycles. The van der Waals surface area contributed by atoms with Crippen LogP contribution in [0.1, 0.15) is 13.8 Å². The van der Waals surface area contributed by atoms with Crippen LogP contribution in [0.3, 0.4) is 0 Å². The summed E-state index contributed by atoms with van der Waals surface area (Å²) in [5, 5.41) is 0. The van der Waals surface area contributed by atoms with Gasteiger partial charge in [0.25, 0.3) is 0 Å². The van der Waals surface area contributed by atoms with Crippen molar-refractivity contribution in [3.05, 3.63) is 24.8 Å². The molecule has 0 aliphatic heterocycles. The highest BCUT2D eigenvalue weighted by Crippen LogP contribution is 1.87. The minimum atomic E-state index is -0.347. The summed E-state index contributed by atoms with van der Waals surface area (Å²) in [6.07, 6.45) is 1.28. The predicted molar refractivity (Wildman–Crippen MR) is 47.7 cm³/mol. The van der Waals surface area contributed by atoms with Crippen molar-refractivity contribution in [3.63, 3.8) is 0 Å². The van der Waals surface area contributed by atoms with E-state index in [-0.39, 0.29) is 11.8 Å². The van der Waals surface area contributed by atoms with E-state index in [4.69, 9.17) is 0 Å². The van der Waals surface area contributed by atoms with Gasteiger partial charge >= 0.3 is 5.97 Å². The molecule has 0 aliphatic rings. The van der Waals surface area contributed by atoms with Gasteiger partial charge < -0.3 is 4.74 Å². The Morgan fingerprint density at radius 1 is 1.33 bits per heavy atom. The van der Waals surface area contributed by atoms with Crippen molar-refractivity contribution >= 4 is 11.8 Å². The summed E-state index contributed by atoms with van der Waals surface area (Å²) in [7, 11) is 1.33. The number of carbonyl (C=O) groups is 2. The molecule has 0 spiro atoms. The molecule has 0 aliphatic carbocycles. The van der Waals surface area contributed by atoms with Crippen LogP contribution in [0.5, 0.6) is 0 Å². The van der Waals surface area contributed by atoms with Crippen LogP contribution < -0.4 is 0 Å². The van der Waals surface area contributed by atoms with Crippen LogP contribution in [0.2, 0.25) is 0 Å². The van der Waals surface area contributed by atoms with Crippen LogP contribution in [0.25, 0.3) is 0 Å². The Kier molecular flexibility index (Phi) is 8.51. The van der Waals surface area contributed by atoms with Gasteiger partial charge in [-0.1, -0.05) is 13.2 Å². The Balaban J connectivity index is 0. The maximum absolute atomic E-state index is 10.2. The summed E-state index contributed by atoms with van der Waals surface area (Å²) in [5.74, 6) is -0.329. The number of ketones is 1. The molecule has 12 heavy (non-hydrogen) atoms. The smallest absolute Gasteiger partial charge is 0.332 e. The third-order valence-corrected chi connectivity index (χ3v) is 0.821. The second-order valence-electron chi connectivity index (χ2n) is 2.09. The lowest BCUT2D eigenvalue weighted by atomic mass is 10.4. The molecule has 3 nitrogen and oxygen atoms in total. The minimum Gasteiger partial charge on any atom is -0.466 e. The Morgan fingerprint density at radius 3 is 1.67 bits per heavy atom. The molecule has 0 heterocycles. The molecule has 0 saturated carbocycles. The Morgan fingerprint density at radius 2 is 1.67 bits per heavy atom. The maximum Gasteiger partial charge on any atom is 0.332 e. The fraction of sp³-hybridized carbons (Fsp3) is 0.333. The lowest BCUT2D eigenvalue weighted by Crippen LogP contribution is -1.98. The number of rotatable bonds is 2. The van der Waals surface area contributed by atoms with Crippen LogP contribution in [0.4, 0.5) is 0 Å². The van der Waals surface area contributed by atoms with Gasteiger partial charge in [-0.25, -0.2) is 4.79 Å². The van der Waals surface area contributed by atoms with Gasteiger partial charge in [0.05, 0.1) is 7.11 Å². The van der Waals surface area contributed by atoms with E-state index < -0.39 is 0 Å². The van der Waals surface area contributed by atoms with Gasteiger partial charge in [0, 0.05) is 5.57 Å². The number of hydrogen-bond acceptors (Lipinski definition) is 3. The minimum absolute atomic E-state index is 0.0185. The fourth-order valence-electron chi connectivity index (χ4n) is 0.174. The Bertz CT molecular complexity index is 192. The molecular weight excluding hydrogens is 156 g/mol. The SMILES string of the molecule is C=C(C)C(=O)OC.C=CC(C)=O. The van der Waals surface area contributed by atoms with E-state index in [1.54, 1.807) is 6.92 Å². The highest BCUT2D eigenvalue weighted by Gasteiger charge is 1.95. The Labute approximate surface area is 72.7 Å². The number of hydrogen-bond donors (Lipinski definition) is 0. The summed E-state index contributed by atoms with van der Waals surface area (Å²) in [6.45, 7) is 9.63. The number of carbonyl (C=O) groups excluding carboxylic acids is 2. The first-order valence-corrected chi connectivity index (χ1v) is 3.32. The third-order valence-electron chi connectivity index (χ3n) is 0.821. The average molecular weight is 170 g/mol. The quantitative estimate of drug-likeness (QED) is 0.466. The standard InChI is InChI=1S/C5H8O2.C4H6O/c1-4(2)5(6)7-3;1-3-4(2)5/h1H2,2-3H3;3H,1H2,2H3. The predicted octanol–water partition coefficient (Wildman–Crippen LogP) is 1.50. The van der Waals surface area contributed by atoms with Gasteiger partial charge in [0.1, 0.15) is 0 Å². The first kappa shape index (κ1) is 13.2. The molecule has 0 bridgehead atoms. The monoisotopic (exact) mass is 170 g/mol. The van der Waals surface area contributed by atoms with Crippen molar-refractivity contribution in [1.82, 2.24) is 0 Å². The molecule has 0 aromatic heterocycles. The third kappa shape index (κ3) is 11.4. The largest absolute Gasteiger partial charge is 0.466 e. The van der Waals surface area contributed by atoms with Crippen LogP contribution in [-0.2, 0) is 14.3 Å². The molecule has 3 heteroatoms. The van der Waals surface area contributed by atoms with Gasteiger partial charge in [0.15, 0.2) is 5.78 Å². The lowest BCUT2D eigenvalue weighted by molar-refractivity contribution is -0.136. The van der Waals surface area contributed by atoms with E-state index in [0.29, 0.717) is 5.57 Å². The molecule has 0 aromatic rings. The number of methoxy groups -OCH3 is 1. The first-order valence-electron chi connectivity index (χ1n) is 3.32. The normalized spacial score (nSPS) is 7.25. The van der Waals surface area contributed by atoms with Crippen molar-refractivity contribution < 1.29 is 14.3 Å². The number of esters is 1. The summed E-state index contributed by atoms with van der Waals surface area (Å²) >= 11 is 0. The Hall–Kier alpha value is -1.38. The van der Waals surface area contributed by atoms with E-state index in [1.807, 2.05) is 0 Å². The van der Waals surface area contributed by atoms with Gasteiger partial charge in [0.2, 0.25) is 0 Å². The lowest BCUT2D eigenvalue weighted by Gasteiger charge is -1.91. The topological polar surface area (TPSA) is 43.4 Å². The maximum atomic E-state index is 10.2. The van der Waals surface area contributed by atoms with Crippen molar-refractivity contribution in [2.45, 2.75) is 13.8 Å². The van der Waals surface area contributed by atoms with E-state index in [9.17, 15) is 9.59 Å². The summed E-state index contributed by atoms with van der Waals surface area (Å²) in [6, 6.07) is 0.